The lowest BCUT2D eigenvalue weighted by Crippen LogP contribution is -1.91. The van der Waals surface area contributed by atoms with Crippen LogP contribution in [0.5, 0.6) is 0 Å². The summed E-state index contributed by atoms with van der Waals surface area (Å²) in [6.07, 6.45) is 0. The quantitative estimate of drug-likeness (QED) is 0.555. The van der Waals surface area contributed by atoms with Gasteiger partial charge in [0.25, 0.3) is 5.24 Å². The zero-order valence-electron chi connectivity index (χ0n) is 5.57. The van der Waals surface area contributed by atoms with Crippen molar-refractivity contribution < 1.29 is 4.79 Å². The van der Waals surface area contributed by atoms with Gasteiger partial charge in [0.05, 0.1) is 5.56 Å². The summed E-state index contributed by atoms with van der Waals surface area (Å²) in [6.45, 7) is 0. The molecule has 0 saturated heterocycles. The van der Waals surface area contributed by atoms with Crippen LogP contribution in [0.2, 0.25) is 5.02 Å². The van der Waals surface area contributed by atoms with Crippen molar-refractivity contribution in [3.05, 3.63) is 31.7 Å². The predicted octanol–water partition coefficient (Wildman–Crippen LogP) is 4.24. The first-order valence-electron chi connectivity index (χ1n) is 2.86. The largest absolute Gasteiger partial charge is 0.276 e. The van der Waals surface area contributed by atoms with Crippen molar-refractivity contribution in [1.29, 1.82) is 0 Å². The Morgan fingerprint density at radius 3 is 2.42 bits per heavy atom. The highest BCUT2D eigenvalue weighted by atomic mass is 79.9. The summed E-state index contributed by atoms with van der Waals surface area (Å²) in [6, 6.07) is 3.18. The van der Waals surface area contributed by atoms with Gasteiger partial charge in [0.2, 0.25) is 0 Å². The van der Waals surface area contributed by atoms with Crippen molar-refractivity contribution in [1.82, 2.24) is 0 Å². The molecule has 64 valence electrons. The highest BCUT2D eigenvalue weighted by Gasteiger charge is 2.10. The fourth-order valence-electron chi connectivity index (χ4n) is 0.699. The van der Waals surface area contributed by atoms with E-state index in [0.29, 0.717) is 19.5 Å². The monoisotopic (exact) mass is 330 g/mol. The predicted molar refractivity (Wildman–Crippen MR) is 57.0 cm³/mol. The SMILES string of the molecule is O=C(Cl)c1cc(Cl)cc(Br)c1Br. The maximum Gasteiger partial charge on any atom is 0.253 e. The van der Waals surface area contributed by atoms with Gasteiger partial charge in [-0.1, -0.05) is 11.6 Å². The third-order valence-electron chi connectivity index (χ3n) is 1.20. The molecule has 0 fully saturated rings. The van der Waals surface area contributed by atoms with Gasteiger partial charge in [0.1, 0.15) is 0 Å². The summed E-state index contributed by atoms with van der Waals surface area (Å²) < 4.78 is 1.32. The van der Waals surface area contributed by atoms with E-state index in [1.54, 1.807) is 6.07 Å². The van der Waals surface area contributed by atoms with Gasteiger partial charge in [-0.2, -0.15) is 0 Å². The highest BCUT2D eigenvalue weighted by Crippen LogP contribution is 2.31. The van der Waals surface area contributed by atoms with Gasteiger partial charge in [-0.05, 0) is 55.6 Å². The summed E-state index contributed by atoms with van der Waals surface area (Å²) in [4.78, 5) is 10.8. The third-order valence-corrected chi connectivity index (χ3v) is 3.64. The Hall–Kier alpha value is 0.430. The molecular weight excluding hydrogens is 331 g/mol. The van der Waals surface area contributed by atoms with E-state index in [2.05, 4.69) is 31.9 Å². The lowest BCUT2D eigenvalue weighted by molar-refractivity contribution is 0.108. The van der Waals surface area contributed by atoms with Crippen LogP contribution in [0.15, 0.2) is 21.1 Å². The normalized spacial score (nSPS) is 10.0. The van der Waals surface area contributed by atoms with Crippen LogP contribution in [0.4, 0.5) is 0 Å². The Labute approximate surface area is 96.3 Å². The lowest BCUT2D eigenvalue weighted by Gasteiger charge is -2.01. The topological polar surface area (TPSA) is 17.1 Å². The minimum absolute atomic E-state index is 0.357. The molecule has 0 amide bonds. The molecule has 0 radical (unpaired) electrons. The number of hydrogen-bond acceptors (Lipinski definition) is 1. The second-order valence-corrected chi connectivity index (χ2v) is 4.45. The van der Waals surface area contributed by atoms with Crippen LogP contribution in [-0.4, -0.2) is 5.24 Å². The molecule has 0 saturated carbocycles. The Kier molecular flexibility index (Phi) is 3.58. The Morgan fingerprint density at radius 1 is 1.33 bits per heavy atom. The van der Waals surface area contributed by atoms with Crippen LogP contribution in [-0.2, 0) is 0 Å². The number of rotatable bonds is 1. The molecule has 0 aliphatic heterocycles. The van der Waals surface area contributed by atoms with Gasteiger partial charge in [0, 0.05) is 14.0 Å². The Balaban J connectivity index is 3.37. The van der Waals surface area contributed by atoms with Gasteiger partial charge in [-0.3, -0.25) is 4.79 Å². The van der Waals surface area contributed by atoms with Gasteiger partial charge >= 0.3 is 0 Å². The number of halogens is 4. The molecule has 0 N–H and O–H groups in total. The van der Waals surface area contributed by atoms with Gasteiger partial charge in [0.15, 0.2) is 0 Å². The van der Waals surface area contributed by atoms with Crippen LogP contribution in [0.25, 0.3) is 0 Å². The number of benzene rings is 1. The summed E-state index contributed by atoms with van der Waals surface area (Å²) >= 11 is 17.4. The fourth-order valence-corrected chi connectivity index (χ4v) is 2.18. The van der Waals surface area contributed by atoms with Gasteiger partial charge < -0.3 is 0 Å². The van der Waals surface area contributed by atoms with E-state index in [1.807, 2.05) is 0 Å². The molecule has 0 heterocycles. The molecule has 5 heteroatoms. The number of carbonyl (C=O) groups excluding carboxylic acids is 1. The van der Waals surface area contributed by atoms with Crippen LogP contribution in [0, 0.1) is 0 Å². The van der Waals surface area contributed by atoms with Crippen LogP contribution in [0.1, 0.15) is 10.4 Å². The Bertz CT molecular complexity index is 338. The first kappa shape index (κ1) is 10.5. The molecule has 12 heavy (non-hydrogen) atoms. The van der Waals surface area contributed by atoms with Crippen molar-refractivity contribution >= 4 is 60.3 Å². The van der Waals surface area contributed by atoms with E-state index >= 15 is 0 Å². The van der Waals surface area contributed by atoms with E-state index < -0.39 is 5.24 Å². The molecule has 0 aromatic heterocycles. The van der Waals surface area contributed by atoms with Crippen molar-refractivity contribution in [3.8, 4) is 0 Å². The van der Waals surface area contributed by atoms with Crippen molar-refractivity contribution in [2.24, 2.45) is 0 Å². The summed E-state index contributed by atoms with van der Waals surface area (Å²) in [5.41, 5.74) is 0.357. The van der Waals surface area contributed by atoms with Gasteiger partial charge in [-0.25, -0.2) is 0 Å². The minimum atomic E-state index is -0.537. The van der Waals surface area contributed by atoms with Crippen LogP contribution < -0.4 is 0 Å². The fraction of sp³-hybridized carbons (Fsp3) is 0. The molecule has 0 spiro atoms. The maximum atomic E-state index is 10.8. The maximum absolute atomic E-state index is 10.8. The summed E-state index contributed by atoms with van der Waals surface area (Å²) in [5, 5.41) is -0.0702. The molecule has 0 aliphatic carbocycles. The highest BCUT2D eigenvalue weighted by molar-refractivity contribution is 9.13. The second-order valence-electron chi connectivity index (χ2n) is 2.02. The number of hydrogen-bond donors (Lipinski definition) is 0. The summed E-state index contributed by atoms with van der Waals surface area (Å²) in [7, 11) is 0. The van der Waals surface area contributed by atoms with E-state index in [0.717, 1.165) is 0 Å². The molecule has 0 atom stereocenters. The van der Waals surface area contributed by atoms with E-state index in [9.17, 15) is 4.79 Å². The van der Waals surface area contributed by atoms with Crippen LogP contribution in [0.3, 0.4) is 0 Å². The molecule has 1 rings (SSSR count). The molecule has 0 bridgehead atoms. The van der Waals surface area contributed by atoms with E-state index in [4.69, 9.17) is 23.2 Å². The molecule has 1 aromatic rings. The number of carbonyl (C=O) groups is 1. The van der Waals surface area contributed by atoms with Crippen molar-refractivity contribution in [2.75, 3.05) is 0 Å². The zero-order chi connectivity index (χ0) is 9.30. The standard InChI is InChI=1S/C7H2Br2Cl2O/c8-5-2-3(10)1-4(6(5)9)7(11)12/h1-2H. The van der Waals surface area contributed by atoms with E-state index in [-0.39, 0.29) is 0 Å². The Morgan fingerprint density at radius 2 is 1.92 bits per heavy atom. The van der Waals surface area contributed by atoms with Crippen molar-refractivity contribution in [2.45, 2.75) is 0 Å². The summed E-state index contributed by atoms with van der Waals surface area (Å²) in [5.74, 6) is 0. The average Bonchev–Trinajstić information content (AvgIpc) is 1.96. The molecule has 1 nitrogen and oxygen atoms in total. The smallest absolute Gasteiger partial charge is 0.253 e. The first-order valence-corrected chi connectivity index (χ1v) is 5.21. The zero-order valence-corrected chi connectivity index (χ0v) is 10.3. The molecule has 0 aliphatic rings. The average molecular weight is 333 g/mol. The van der Waals surface area contributed by atoms with E-state index in [1.165, 1.54) is 6.07 Å². The van der Waals surface area contributed by atoms with Crippen molar-refractivity contribution in [3.63, 3.8) is 0 Å². The molecule has 0 unspecified atom stereocenters. The first-order chi connectivity index (χ1) is 5.52. The minimum Gasteiger partial charge on any atom is -0.276 e. The van der Waals surface area contributed by atoms with Gasteiger partial charge in [-0.15, -0.1) is 0 Å². The lowest BCUT2D eigenvalue weighted by atomic mass is 10.2. The van der Waals surface area contributed by atoms with Crippen LogP contribution >= 0.6 is 55.1 Å². The second kappa shape index (κ2) is 4.09. The molecular formula is C7H2Br2Cl2O. The third kappa shape index (κ3) is 2.22. The molecule has 1 aromatic carbocycles.